The van der Waals surface area contributed by atoms with E-state index in [0.717, 1.165) is 9.58 Å². The van der Waals surface area contributed by atoms with Crippen LogP contribution in [0.3, 0.4) is 0 Å². The Labute approximate surface area is 157 Å². The van der Waals surface area contributed by atoms with Crippen molar-refractivity contribution in [1.29, 1.82) is 0 Å². The van der Waals surface area contributed by atoms with Crippen molar-refractivity contribution in [2.45, 2.75) is 31.6 Å². The number of carbonyl (C=O) groups excluding carboxylic acids is 3. The molecule has 2 aliphatic rings. The molecule has 2 saturated heterocycles. The van der Waals surface area contributed by atoms with Crippen LogP contribution < -0.4 is 5.56 Å². The molecule has 3 rings (SSSR count). The number of amides is 4. The molecule has 152 valence electrons. The van der Waals surface area contributed by atoms with Crippen LogP contribution in [-0.4, -0.2) is 80.7 Å². The summed E-state index contributed by atoms with van der Waals surface area (Å²) in [6, 6.07) is 1.38. The van der Waals surface area contributed by atoms with Crippen LogP contribution in [0.5, 0.6) is 0 Å². The van der Waals surface area contributed by atoms with Crippen molar-refractivity contribution >= 4 is 17.8 Å². The second-order valence-corrected chi connectivity index (χ2v) is 6.64. The van der Waals surface area contributed by atoms with Crippen molar-refractivity contribution in [2.75, 3.05) is 26.2 Å². The van der Waals surface area contributed by atoms with Crippen LogP contribution in [-0.2, 0) is 16.1 Å². The molecule has 2 fully saturated rings. The Hall–Kier alpha value is -2.92. The summed E-state index contributed by atoms with van der Waals surface area (Å²) in [4.78, 5) is 50.8. The number of rotatable bonds is 4. The second kappa shape index (κ2) is 7.60. The number of carbonyl (C=O) groups is 3. The van der Waals surface area contributed by atoms with E-state index in [-0.39, 0.29) is 30.4 Å². The summed E-state index contributed by atoms with van der Waals surface area (Å²) in [6.07, 6.45) is -2.59. The third-order valence-corrected chi connectivity index (χ3v) is 4.75. The topological polar surface area (TPSA) is 95.8 Å². The largest absolute Gasteiger partial charge is 0.406 e. The summed E-state index contributed by atoms with van der Waals surface area (Å²) >= 11 is 0. The van der Waals surface area contributed by atoms with Crippen molar-refractivity contribution in [1.82, 2.24) is 24.5 Å². The van der Waals surface area contributed by atoms with Gasteiger partial charge >= 0.3 is 12.2 Å². The Morgan fingerprint density at radius 3 is 2.46 bits per heavy atom. The molecule has 0 unspecified atom stereocenters. The third kappa shape index (κ3) is 4.31. The molecule has 1 aromatic rings. The minimum Gasteiger partial charge on any atom is -0.341 e. The van der Waals surface area contributed by atoms with E-state index < -0.39 is 42.8 Å². The highest BCUT2D eigenvalue weighted by Gasteiger charge is 2.45. The summed E-state index contributed by atoms with van der Waals surface area (Å²) in [5.74, 6) is -1.20. The molecule has 9 nitrogen and oxygen atoms in total. The first-order valence-corrected chi connectivity index (χ1v) is 8.63. The maximum atomic E-state index is 12.5. The van der Waals surface area contributed by atoms with Crippen LogP contribution in [0.1, 0.15) is 12.8 Å². The zero-order chi connectivity index (χ0) is 20.5. The molecule has 2 aliphatic heterocycles. The maximum Gasteiger partial charge on any atom is 0.406 e. The van der Waals surface area contributed by atoms with Gasteiger partial charge in [-0.05, 0) is 18.9 Å². The fourth-order valence-electron chi connectivity index (χ4n) is 3.34. The van der Waals surface area contributed by atoms with Gasteiger partial charge in [0.05, 0.1) is 0 Å². The van der Waals surface area contributed by atoms with Gasteiger partial charge in [-0.1, -0.05) is 0 Å². The first-order chi connectivity index (χ1) is 13.2. The van der Waals surface area contributed by atoms with E-state index in [4.69, 9.17) is 0 Å². The summed E-state index contributed by atoms with van der Waals surface area (Å²) < 4.78 is 38.6. The van der Waals surface area contributed by atoms with Gasteiger partial charge < -0.3 is 9.80 Å². The Morgan fingerprint density at radius 2 is 1.86 bits per heavy atom. The molecule has 12 heteroatoms. The van der Waals surface area contributed by atoms with Gasteiger partial charge in [0.25, 0.3) is 11.5 Å². The number of aromatic nitrogens is 2. The highest BCUT2D eigenvalue weighted by molar-refractivity contribution is 6.02. The lowest BCUT2D eigenvalue weighted by Gasteiger charge is -2.36. The smallest absolute Gasteiger partial charge is 0.341 e. The lowest BCUT2D eigenvalue weighted by molar-refractivity contribution is -0.151. The Balaban J connectivity index is 1.56. The molecule has 0 bridgehead atoms. The van der Waals surface area contributed by atoms with Crippen molar-refractivity contribution in [3.8, 4) is 0 Å². The maximum absolute atomic E-state index is 12.5. The number of hydrogen-bond donors (Lipinski definition) is 0. The second-order valence-electron chi connectivity index (χ2n) is 6.64. The fraction of sp³-hybridized carbons (Fsp3) is 0.562. The van der Waals surface area contributed by atoms with E-state index in [1.165, 1.54) is 23.2 Å². The van der Waals surface area contributed by atoms with E-state index in [1.807, 2.05) is 0 Å². The van der Waals surface area contributed by atoms with Gasteiger partial charge in [-0.3, -0.25) is 19.3 Å². The molecule has 0 radical (unpaired) electrons. The summed E-state index contributed by atoms with van der Waals surface area (Å²) in [6.45, 7) is -1.68. The molecule has 0 N–H and O–H groups in total. The van der Waals surface area contributed by atoms with Gasteiger partial charge in [0, 0.05) is 31.4 Å². The fourth-order valence-corrected chi connectivity index (χ4v) is 3.34. The lowest BCUT2D eigenvalue weighted by Crippen LogP contribution is -2.49. The van der Waals surface area contributed by atoms with Gasteiger partial charge in [-0.2, -0.15) is 18.3 Å². The Morgan fingerprint density at radius 1 is 1.18 bits per heavy atom. The van der Waals surface area contributed by atoms with E-state index in [2.05, 4.69) is 5.10 Å². The molecule has 4 amide bonds. The quantitative estimate of drug-likeness (QED) is 0.665. The minimum atomic E-state index is -4.65. The van der Waals surface area contributed by atoms with Gasteiger partial charge in [-0.15, -0.1) is 0 Å². The summed E-state index contributed by atoms with van der Waals surface area (Å²) in [5.41, 5.74) is -0.406. The highest BCUT2D eigenvalue weighted by atomic mass is 19.4. The standard InChI is InChI=1S/C16H18F3N5O4/c17-16(18,19)10-23-14(27)8-22(15(23)28)11-3-6-21(7-4-11)13(26)9-24-12(25)2-1-5-20-24/h1-2,5,11H,3-4,6-10H2. The summed E-state index contributed by atoms with van der Waals surface area (Å²) in [5, 5.41) is 3.82. The monoisotopic (exact) mass is 401 g/mol. The van der Waals surface area contributed by atoms with E-state index in [9.17, 15) is 32.3 Å². The van der Waals surface area contributed by atoms with Crippen molar-refractivity contribution < 1.29 is 27.6 Å². The molecule has 0 aromatic carbocycles. The van der Waals surface area contributed by atoms with Gasteiger partial charge in [-0.25, -0.2) is 9.48 Å². The minimum absolute atomic E-state index is 0.213. The van der Waals surface area contributed by atoms with Gasteiger partial charge in [0.1, 0.15) is 19.6 Å². The SMILES string of the molecule is O=C(Cn1ncccc1=O)N1CCC(N2CC(=O)N(CC(F)(F)F)C2=O)CC1. The molecule has 0 aliphatic carbocycles. The molecule has 1 aromatic heterocycles. The number of hydrogen-bond acceptors (Lipinski definition) is 5. The predicted octanol–water partition coefficient (Wildman–Crippen LogP) is 0.0608. The van der Waals surface area contributed by atoms with Gasteiger partial charge in [0.2, 0.25) is 5.91 Å². The molecular weight excluding hydrogens is 383 g/mol. The number of imide groups is 1. The van der Waals surface area contributed by atoms with Gasteiger partial charge in [0.15, 0.2) is 0 Å². The van der Waals surface area contributed by atoms with Crippen molar-refractivity contribution in [3.05, 3.63) is 28.7 Å². The molecular formula is C16H18F3N5O4. The number of nitrogens with zero attached hydrogens (tertiary/aromatic N) is 5. The van der Waals surface area contributed by atoms with Crippen LogP contribution >= 0.6 is 0 Å². The van der Waals surface area contributed by atoms with Crippen LogP contribution in [0.15, 0.2) is 23.1 Å². The van der Waals surface area contributed by atoms with Crippen molar-refractivity contribution in [2.24, 2.45) is 0 Å². The third-order valence-electron chi connectivity index (χ3n) is 4.75. The van der Waals surface area contributed by atoms with E-state index in [0.29, 0.717) is 12.8 Å². The lowest BCUT2D eigenvalue weighted by atomic mass is 10.0. The molecule has 0 saturated carbocycles. The molecule has 3 heterocycles. The van der Waals surface area contributed by atoms with E-state index in [1.54, 1.807) is 0 Å². The number of likely N-dealkylation sites (tertiary alicyclic amines) is 1. The first-order valence-electron chi connectivity index (χ1n) is 8.63. The van der Waals surface area contributed by atoms with E-state index >= 15 is 0 Å². The van der Waals surface area contributed by atoms with Crippen LogP contribution in [0.4, 0.5) is 18.0 Å². The zero-order valence-corrected chi connectivity index (χ0v) is 14.8. The summed E-state index contributed by atoms with van der Waals surface area (Å²) in [7, 11) is 0. The average Bonchev–Trinajstić information content (AvgIpc) is 2.90. The van der Waals surface area contributed by atoms with Crippen LogP contribution in [0.25, 0.3) is 0 Å². The number of urea groups is 1. The normalized spacial score (nSPS) is 18.9. The van der Waals surface area contributed by atoms with Crippen LogP contribution in [0, 0.1) is 0 Å². The number of piperidine rings is 1. The predicted molar refractivity (Wildman–Crippen MR) is 88.0 cm³/mol. The molecule has 0 atom stereocenters. The Kier molecular flexibility index (Phi) is 5.38. The average molecular weight is 401 g/mol. The number of alkyl halides is 3. The molecule has 0 spiro atoms. The highest BCUT2D eigenvalue weighted by Crippen LogP contribution is 2.25. The number of halogens is 3. The van der Waals surface area contributed by atoms with Crippen molar-refractivity contribution in [3.63, 3.8) is 0 Å². The Bertz CT molecular complexity index is 832. The molecule has 28 heavy (non-hydrogen) atoms. The van der Waals surface area contributed by atoms with Crippen LogP contribution in [0.2, 0.25) is 0 Å². The first kappa shape index (κ1) is 19.8. The zero-order valence-electron chi connectivity index (χ0n) is 14.8.